The number of thiophene rings is 1. The third-order valence-corrected chi connectivity index (χ3v) is 5.98. The van der Waals surface area contributed by atoms with Crippen LogP contribution in [0.15, 0.2) is 53.2 Å². The number of allylic oxidation sites excluding steroid dienone is 1. The molecule has 184 valence electrons. The minimum absolute atomic E-state index is 0.119. The number of hydrazine groups is 1. The Morgan fingerprint density at radius 1 is 1.00 bits per heavy atom. The molecule has 2 rings (SSSR count). The van der Waals surface area contributed by atoms with Gasteiger partial charge < -0.3 is 0 Å². The molecule has 0 aliphatic rings. The second kappa shape index (κ2) is 13.7. The molecule has 1 heterocycles. The first kappa shape index (κ1) is 27.3. The van der Waals surface area contributed by atoms with Gasteiger partial charge in [0.05, 0.1) is 17.4 Å². The van der Waals surface area contributed by atoms with Gasteiger partial charge in [-0.25, -0.2) is 10.5 Å². The number of nitrogens with one attached hydrogen (secondary N) is 2. The van der Waals surface area contributed by atoms with Crippen molar-refractivity contribution in [2.45, 2.75) is 40.5 Å². The van der Waals surface area contributed by atoms with E-state index in [2.05, 4.69) is 5.43 Å². The number of nitrogens with zero attached hydrogens (tertiary/aromatic N) is 1. The van der Waals surface area contributed by atoms with Gasteiger partial charge in [0, 0.05) is 11.9 Å². The Hall–Kier alpha value is -2.97. The highest BCUT2D eigenvalue weighted by Gasteiger charge is 2.35. The van der Waals surface area contributed by atoms with E-state index in [1.54, 1.807) is 16.9 Å². The lowest BCUT2D eigenvalue weighted by Crippen LogP contribution is -2.52. The lowest BCUT2D eigenvalue weighted by Gasteiger charge is -2.30. The molecule has 0 saturated carbocycles. The maximum Gasteiger partial charge on any atom is 0.273 e. The van der Waals surface area contributed by atoms with E-state index < -0.39 is 23.7 Å². The quantitative estimate of drug-likeness (QED) is 0.315. The predicted octanol–water partition coefficient (Wildman–Crippen LogP) is 4.76. The lowest BCUT2D eigenvalue weighted by atomic mass is 9.82. The summed E-state index contributed by atoms with van der Waals surface area (Å²) in [6, 6.07) is 11.4. The van der Waals surface area contributed by atoms with Crippen LogP contribution >= 0.6 is 11.3 Å². The number of carbonyl (C=O) groups is 3. The fourth-order valence-corrected chi connectivity index (χ4v) is 4.35. The van der Waals surface area contributed by atoms with Gasteiger partial charge in [-0.1, -0.05) is 70.2 Å². The summed E-state index contributed by atoms with van der Waals surface area (Å²) in [5.74, 6) is -2.63. The van der Waals surface area contributed by atoms with E-state index in [4.69, 9.17) is 0 Å². The molecule has 8 heteroatoms. The van der Waals surface area contributed by atoms with Gasteiger partial charge in [-0.2, -0.15) is 11.3 Å². The van der Waals surface area contributed by atoms with Crippen molar-refractivity contribution in [2.75, 3.05) is 6.54 Å². The fraction of sp³-hybridized carbons (Fsp3) is 0.423. The molecule has 3 N–H and O–H groups in total. The van der Waals surface area contributed by atoms with Crippen molar-refractivity contribution in [2.24, 2.45) is 23.7 Å². The standard InChI is InChI=1S/C26H35N3O4S/c1-18(2)15-23(22(25(31)28-33)12-8-11-20-9-6-5-7-10-20)24(30)27-29(16-19(3)4)26(32)21-13-14-34-17-21/h5-11,13-14,17-19,22-23,33H,12,15-16H2,1-4H3,(H,27,30)(H,28,31)/t22-,23+/m0/s1. The highest BCUT2D eigenvalue weighted by atomic mass is 32.1. The highest BCUT2D eigenvalue weighted by molar-refractivity contribution is 7.08. The molecule has 0 spiro atoms. The van der Waals surface area contributed by atoms with Gasteiger partial charge >= 0.3 is 0 Å². The Bertz CT molecular complexity index is 942. The zero-order chi connectivity index (χ0) is 25.1. The van der Waals surface area contributed by atoms with E-state index in [1.165, 1.54) is 16.3 Å². The fourth-order valence-electron chi connectivity index (χ4n) is 3.72. The molecule has 1 aromatic heterocycles. The van der Waals surface area contributed by atoms with E-state index in [0.717, 1.165) is 5.56 Å². The minimum Gasteiger partial charge on any atom is -0.289 e. The second-order valence-electron chi connectivity index (χ2n) is 9.17. The summed E-state index contributed by atoms with van der Waals surface area (Å²) in [5.41, 5.74) is 5.97. The topological polar surface area (TPSA) is 98.7 Å². The number of hydroxylamine groups is 1. The monoisotopic (exact) mass is 485 g/mol. The third-order valence-electron chi connectivity index (χ3n) is 5.30. The zero-order valence-electron chi connectivity index (χ0n) is 20.2. The van der Waals surface area contributed by atoms with Gasteiger partial charge in [-0.15, -0.1) is 0 Å². The first-order valence-electron chi connectivity index (χ1n) is 11.5. The molecule has 0 bridgehead atoms. The Kier molecular flexibility index (Phi) is 11.0. The van der Waals surface area contributed by atoms with Crippen LogP contribution in [-0.2, 0) is 9.59 Å². The van der Waals surface area contributed by atoms with Crippen LogP contribution < -0.4 is 10.9 Å². The molecule has 0 saturated heterocycles. The van der Waals surface area contributed by atoms with Gasteiger partial charge in [0.1, 0.15) is 0 Å². The number of hydrogen-bond donors (Lipinski definition) is 3. The summed E-state index contributed by atoms with van der Waals surface area (Å²) in [4.78, 5) is 39.1. The van der Waals surface area contributed by atoms with Crippen molar-refractivity contribution in [1.82, 2.24) is 15.9 Å². The molecular weight excluding hydrogens is 450 g/mol. The van der Waals surface area contributed by atoms with Crippen LogP contribution in [0.3, 0.4) is 0 Å². The van der Waals surface area contributed by atoms with Crippen LogP contribution in [0.2, 0.25) is 0 Å². The average molecular weight is 486 g/mol. The van der Waals surface area contributed by atoms with Gasteiger partial charge in [-0.3, -0.25) is 25.0 Å². The van der Waals surface area contributed by atoms with Crippen molar-refractivity contribution < 1.29 is 19.6 Å². The van der Waals surface area contributed by atoms with Crippen molar-refractivity contribution in [3.63, 3.8) is 0 Å². The molecule has 0 aliphatic carbocycles. The van der Waals surface area contributed by atoms with E-state index in [0.29, 0.717) is 18.5 Å². The van der Waals surface area contributed by atoms with Crippen LogP contribution in [0.25, 0.3) is 6.08 Å². The van der Waals surface area contributed by atoms with Crippen LogP contribution in [0, 0.1) is 23.7 Å². The molecule has 0 radical (unpaired) electrons. The number of rotatable bonds is 11. The Labute approximate surface area is 205 Å². The van der Waals surface area contributed by atoms with Gasteiger partial charge in [0.2, 0.25) is 11.8 Å². The second-order valence-corrected chi connectivity index (χ2v) is 9.95. The SMILES string of the molecule is CC(C)C[C@@H](C(=O)NN(CC(C)C)C(=O)c1ccsc1)[C@H](CC=Cc1ccccc1)C(=O)NO. The summed E-state index contributed by atoms with van der Waals surface area (Å²) in [5, 5.41) is 14.3. The Balaban J connectivity index is 2.27. The summed E-state index contributed by atoms with van der Waals surface area (Å²) < 4.78 is 0. The zero-order valence-corrected chi connectivity index (χ0v) is 21.0. The molecule has 0 fully saturated rings. The maximum absolute atomic E-state index is 13.5. The normalized spacial score (nSPS) is 13.1. The number of amides is 3. The van der Waals surface area contributed by atoms with Crippen LogP contribution in [0.5, 0.6) is 0 Å². The minimum atomic E-state index is -0.801. The summed E-state index contributed by atoms with van der Waals surface area (Å²) in [6.07, 6.45) is 4.39. The maximum atomic E-state index is 13.5. The summed E-state index contributed by atoms with van der Waals surface area (Å²) in [7, 11) is 0. The van der Waals surface area contributed by atoms with Gasteiger partial charge in [0.25, 0.3) is 5.91 Å². The smallest absolute Gasteiger partial charge is 0.273 e. The lowest BCUT2D eigenvalue weighted by molar-refractivity contribution is -0.142. The van der Waals surface area contributed by atoms with Gasteiger partial charge in [-0.05, 0) is 41.7 Å². The predicted molar refractivity (Wildman–Crippen MR) is 135 cm³/mol. The highest BCUT2D eigenvalue weighted by Crippen LogP contribution is 2.26. The molecule has 1 aromatic carbocycles. The Morgan fingerprint density at radius 3 is 2.26 bits per heavy atom. The van der Waals surface area contributed by atoms with E-state index in [9.17, 15) is 19.6 Å². The van der Waals surface area contributed by atoms with Crippen molar-refractivity contribution in [3.8, 4) is 0 Å². The molecule has 0 aliphatic heterocycles. The number of carbonyl (C=O) groups excluding carboxylic acids is 3. The number of benzene rings is 1. The van der Waals surface area contributed by atoms with Crippen molar-refractivity contribution in [1.29, 1.82) is 0 Å². The summed E-state index contributed by atoms with van der Waals surface area (Å²) >= 11 is 1.41. The molecule has 2 atom stereocenters. The number of hydrogen-bond acceptors (Lipinski definition) is 5. The van der Waals surface area contributed by atoms with E-state index in [-0.39, 0.29) is 24.2 Å². The van der Waals surface area contributed by atoms with Crippen LogP contribution in [0.1, 0.15) is 56.5 Å². The molecule has 2 aromatic rings. The summed E-state index contributed by atoms with van der Waals surface area (Å²) in [6.45, 7) is 8.19. The van der Waals surface area contributed by atoms with Crippen molar-refractivity contribution in [3.05, 3.63) is 64.4 Å². The molecule has 0 unspecified atom stereocenters. The first-order valence-corrected chi connectivity index (χ1v) is 12.5. The van der Waals surface area contributed by atoms with Gasteiger partial charge in [0.15, 0.2) is 0 Å². The van der Waals surface area contributed by atoms with E-state index >= 15 is 0 Å². The molecule has 7 nitrogen and oxygen atoms in total. The van der Waals surface area contributed by atoms with Crippen LogP contribution in [0.4, 0.5) is 0 Å². The van der Waals surface area contributed by atoms with Crippen LogP contribution in [-0.4, -0.2) is 34.5 Å². The largest absolute Gasteiger partial charge is 0.289 e. The average Bonchev–Trinajstić information content (AvgIpc) is 3.34. The van der Waals surface area contributed by atoms with E-state index in [1.807, 2.05) is 75.6 Å². The first-order chi connectivity index (χ1) is 16.2. The Morgan fingerprint density at radius 2 is 1.71 bits per heavy atom. The molecule has 3 amide bonds. The third kappa shape index (κ3) is 8.43. The molecular formula is C26H35N3O4S. The molecule has 34 heavy (non-hydrogen) atoms. The van der Waals surface area contributed by atoms with Crippen molar-refractivity contribution >= 4 is 35.1 Å².